The third kappa shape index (κ3) is 4.81. The number of carbonyl (C=O) groups is 1. The first kappa shape index (κ1) is 24.9. The molecule has 0 saturated heterocycles. The number of fused-ring (bicyclic) bond motifs is 1. The molecular weight excluding hydrogens is 507 g/mol. The van der Waals surface area contributed by atoms with Gasteiger partial charge in [-0.1, -0.05) is 48.0 Å². The quantitative estimate of drug-likeness (QED) is 0.200. The molecule has 0 amide bonds. The van der Waals surface area contributed by atoms with Crippen LogP contribution in [-0.4, -0.2) is 34.6 Å². The predicted molar refractivity (Wildman–Crippen MR) is 147 cm³/mol. The van der Waals surface area contributed by atoms with Crippen molar-refractivity contribution in [2.45, 2.75) is 13.8 Å². The van der Waals surface area contributed by atoms with E-state index in [1.807, 2.05) is 85.2 Å². The van der Waals surface area contributed by atoms with Gasteiger partial charge < -0.3 is 13.7 Å². The number of imidazole rings is 1. The van der Waals surface area contributed by atoms with Crippen molar-refractivity contribution in [3.8, 4) is 21.8 Å². The molecule has 5 rings (SSSR count). The number of esters is 1. The third-order valence-electron chi connectivity index (χ3n) is 5.97. The van der Waals surface area contributed by atoms with Gasteiger partial charge in [0, 0.05) is 30.6 Å². The molecule has 0 spiro atoms. The average Bonchev–Trinajstić information content (AvgIpc) is 3.52. The summed E-state index contributed by atoms with van der Waals surface area (Å²) in [5.41, 5.74) is 5.33. The van der Waals surface area contributed by atoms with Crippen LogP contribution >= 0.6 is 18.9 Å². The van der Waals surface area contributed by atoms with Crippen molar-refractivity contribution >= 4 is 41.6 Å². The van der Waals surface area contributed by atoms with E-state index >= 15 is 0 Å². The molecule has 0 bridgehead atoms. The Labute approximate surface area is 218 Å². The number of nitrogens with zero attached hydrogens (tertiary/aromatic N) is 3. The van der Waals surface area contributed by atoms with Crippen LogP contribution in [0, 0.1) is 13.8 Å². The van der Waals surface area contributed by atoms with Gasteiger partial charge in [-0.05, 0) is 37.6 Å². The predicted octanol–water partition coefficient (Wildman–Crippen LogP) is 6.11. The van der Waals surface area contributed by atoms with Crippen LogP contribution in [0.1, 0.15) is 20.8 Å². The smallest absolute Gasteiger partial charge is 0.351 e. The molecule has 0 radical (unpaired) electrons. The van der Waals surface area contributed by atoms with Crippen LogP contribution in [0.2, 0.25) is 0 Å². The number of nitrogens with one attached hydrogen (secondary N) is 1. The van der Waals surface area contributed by atoms with Crippen LogP contribution in [0.15, 0.2) is 73.1 Å². The number of aromatic nitrogens is 3. The first-order valence-corrected chi connectivity index (χ1v) is 13.9. The van der Waals surface area contributed by atoms with Crippen LogP contribution in [0.5, 0.6) is 0 Å². The number of benzene rings is 2. The summed E-state index contributed by atoms with van der Waals surface area (Å²) in [6.07, 6.45) is 3.93. The summed E-state index contributed by atoms with van der Waals surface area (Å²) in [5.74, 6) is -0.419. The summed E-state index contributed by atoms with van der Waals surface area (Å²) < 4.78 is 26.3. The van der Waals surface area contributed by atoms with E-state index in [1.165, 1.54) is 14.2 Å². The largest absolute Gasteiger partial charge is 0.465 e. The van der Waals surface area contributed by atoms with E-state index in [-0.39, 0.29) is 10.7 Å². The lowest BCUT2D eigenvalue weighted by Crippen LogP contribution is -2.17. The molecule has 1 N–H and O–H groups in total. The topological polar surface area (TPSA) is 94.8 Å². The Kier molecular flexibility index (Phi) is 6.69. The summed E-state index contributed by atoms with van der Waals surface area (Å²) in [5, 5.41) is 4.02. The van der Waals surface area contributed by atoms with Crippen molar-refractivity contribution in [1.29, 1.82) is 0 Å². The molecule has 1 atom stereocenters. The van der Waals surface area contributed by atoms with Gasteiger partial charge in [0.05, 0.1) is 18.1 Å². The number of thiazole rings is 1. The van der Waals surface area contributed by atoms with Gasteiger partial charge in [-0.3, -0.25) is 9.65 Å². The Morgan fingerprint density at radius 2 is 1.76 bits per heavy atom. The Morgan fingerprint density at radius 1 is 1.00 bits per heavy atom. The Bertz CT molecular complexity index is 1630. The maximum atomic E-state index is 13.8. The highest BCUT2D eigenvalue weighted by molar-refractivity contribution is 7.68. The first-order chi connectivity index (χ1) is 17.8. The van der Waals surface area contributed by atoms with Gasteiger partial charge in [-0.2, -0.15) is 0 Å². The van der Waals surface area contributed by atoms with Gasteiger partial charge in [0.1, 0.15) is 10.7 Å². The zero-order chi connectivity index (χ0) is 26.2. The maximum absolute atomic E-state index is 13.8. The Balaban J connectivity index is 1.49. The number of carbonyl (C=O) groups excluding carboxylic acids is 1. The summed E-state index contributed by atoms with van der Waals surface area (Å²) in [4.78, 5) is 22.1. The van der Waals surface area contributed by atoms with Crippen molar-refractivity contribution in [3.05, 3.63) is 89.1 Å². The summed E-state index contributed by atoms with van der Waals surface area (Å²) in [7, 11) is -0.902. The minimum Gasteiger partial charge on any atom is -0.465 e. The maximum Gasteiger partial charge on any atom is 0.351 e. The molecule has 3 aromatic heterocycles. The fourth-order valence-corrected chi connectivity index (χ4v) is 6.76. The van der Waals surface area contributed by atoms with Crippen molar-refractivity contribution in [3.63, 3.8) is 0 Å². The normalized spacial score (nSPS) is 12.9. The molecule has 0 aliphatic carbocycles. The molecule has 3 heterocycles. The molecule has 10 heteroatoms. The average molecular weight is 533 g/mol. The van der Waals surface area contributed by atoms with E-state index in [0.29, 0.717) is 10.3 Å². The van der Waals surface area contributed by atoms with Crippen LogP contribution in [0.3, 0.4) is 0 Å². The van der Waals surface area contributed by atoms with E-state index < -0.39 is 13.5 Å². The molecule has 1 unspecified atom stereocenters. The highest BCUT2D eigenvalue weighted by Crippen LogP contribution is 2.47. The second kappa shape index (κ2) is 9.94. The summed E-state index contributed by atoms with van der Waals surface area (Å²) in [6.45, 7) is 3.83. The van der Waals surface area contributed by atoms with Gasteiger partial charge in [0.2, 0.25) is 0 Å². The highest BCUT2D eigenvalue weighted by Gasteiger charge is 2.31. The molecule has 5 aromatic rings. The van der Waals surface area contributed by atoms with E-state index in [2.05, 4.69) is 15.1 Å². The molecule has 2 aromatic carbocycles. The molecular formula is C27H25N4O4PS. The number of aryl methyl sites for hydroxylation is 2. The molecule has 0 saturated carbocycles. The Hall–Kier alpha value is -3.78. The lowest BCUT2D eigenvalue weighted by Gasteiger charge is -2.20. The number of hydrogen-bond acceptors (Lipinski definition) is 7. The highest BCUT2D eigenvalue weighted by atomic mass is 32.1. The molecule has 0 fully saturated rings. The standard InChI is InChI=1S/C27H25N4O4PS/c1-17-8-13-22(18(2)15-17)36(33,35-4)30-25-24(27(32)34-3)37-26(29-25)20-11-9-19(10-12-20)21-16-31-14-6-5-7-23(31)28-21/h5-16H,1-4H3,(H,30,33). The van der Waals surface area contributed by atoms with Crippen molar-refractivity contribution in [2.75, 3.05) is 19.3 Å². The van der Waals surface area contributed by atoms with Crippen molar-refractivity contribution in [2.24, 2.45) is 0 Å². The van der Waals surface area contributed by atoms with Crippen LogP contribution in [0.25, 0.3) is 27.5 Å². The molecule has 37 heavy (non-hydrogen) atoms. The lowest BCUT2D eigenvalue weighted by atomic mass is 10.1. The van der Waals surface area contributed by atoms with Crippen LogP contribution < -0.4 is 10.4 Å². The van der Waals surface area contributed by atoms with Gasteiger partial charge >= 0.3 is 13.5 Å². The van der Waals surface area contributed by atoms with E-state index in [4.69, 9.17) is 9.26 Å². The first-order valence-electron chi connectivity index (χ1n) is 11.5. The van der Waals surface area contributed by atoms with Crippen LogP contribution in [-0.2, 0) is 13.8 Å². The summed E-state index contributed by atoms with van der Waals surface area (Å²) >= 11 is 1.16. The zero-order valence-electron chi connectivity index (χ0n) is 20.8. The number of rotatable bonds is 7. The Morgan fingerprint density at radius 3 is 2.43 bits per heavy atom. The second-order valence-electron chi connectivity index (χ2n) is 8.49. The molecule has 0 aliphatic heterocycles. The number of methoxy groups -OCH3 is 1. The fraction of sp³-hybridized carbons (Fsp3) is 0.148. The molecule has 8 nitrogen and oxygen atoms in total. The number of pyridine rings is 1. The van der Waals surface area contributed by atoms with Crippen molar-refractivity contribution < 1.29 is 18.6 Å². The molecule has 0 aliphatic rings. The lowest BCUT2D eigenvalue weighted by molar-refractivity contribution is 0.0607. The summed E-state index contributed by atoms with van der Waals surface area (Å²) in [6, 6.07) is 19.2. The van der Waals surface area contributed by atoms with E-state index in [9.17, 15) is 9.36 Å². The van der Waals surface area contributed by atoms with Gasteiger partial charge in [0.15, 0.2) is 10.7 Å². The number of ether oxygens (including phenoxy) is 1. The van der Waals surface area contributed by atoms with Gasteiger partial charge in [0.25, 0.3) is 0 Å². The monoisotopic (exact) mass is 532 g/mol. The zero-order valence-corrected chi connectivity index (χ0v) is 22.5. The third-order valence-corrected chi connectivity index (χ3v) is 9.21. The van der Waals surface area contributed by atoms with E-state index in [1.54, 1.807) is 6.07 Å². The van der Waals surface area contributed by atoms with Gasteiger partial charge in [-0.25, -0.2) is 14.8 Å². The number of anilines is 1. The number of hydrogen-bond donors (Lipinski definition) is 1. The van der Waals surface area contributed by atoms with E-state index in [0.717, 1.165) is 44.9 Å². The fourth-order valence-electron chi connectivity index (χ4n) is 4.09. The minimum absolute atomic E-state index is 0.154. The minimum atomic E-state index is -3.57. The van der Waals surface area contributed by atoms with Gasteiger partial charge in [-0.15, -0.1) is 11.3 Å². The van der Waals surface area contributed by atoms with Crippen LogP contribution in [0.4, 0.5) is 5.82 Å². The second-order valence-corrected chi connectivity index (χ2v) is 11.7. The molecule has 188 valence electrons. The van der Waals surface area contributed by atoms with Crippen molar-refractivity contribution in [1.82, 2.24) is 14.4 Å². The SMILES string of the molecule is COC(=O)c1sc(-c2ccc(-c3cn4ccccc4n3)cc2)nc1NP(=O)(OC)c1ccc(C)cc1C.